The fourth-order valence-electron chi connectivity index (χ4n) is 6.19. The van der Waals surface area contributed by atoms with E-state index in [9.17, 15) is 27.9 Å². The Kier molecular flexibility index (Phi) is 7.24. The monoisotopic (exact) mass is 547 g/mol. The molecule has 212 valence electrons. The molecule has 2 heterocycles. The fraction of sp³-hybridized carbons (Fsp3) is 0.643. The number of benzene rings is 1. The number of amides is 2. The second-order valence-electron chi connectivity index (χ2n) is 12.3. The van der Waals surface area contributed by atoms with Gasteiger partial charge < -0.3 is 15.3 Å². The first-order valence-electron chi connectivity index (χ1n) is 13.7. The molecular formula is C28H36F3N5O3. The Balaban J connectivity index is 1.36. The average Bonchev–Trinajstić information content (AvgIpc) is 3.22. The van der Waals surface area contributed by atoms with Crippen LogP contribution in [0.15, 0.2) is 30.5 Å². The van der Waals surface area contributed by atoms with Crippen LogP contribution in [0.4, 0.5) is 13.2 Å². The van der Waals surface area contributed by atoms with Gasteiger partial charge in [-0.2, -0.15) is 13.2 Å². The van der Waals surface area contributed by atoms with E-state index in [1.54, 1.807) is 16.9 Å². The van der Waals surface area contributed by atoms with E-state index in [1.165, 1.54) is 17.0 Å². The van der Waals surface area contributed by atoms with Gasteiger partial charge in [0.15, 0.2) is 0 Å². The van der Waals surface area contributed by atoms with E-state index in [0.717, 1.165) is 24.6 Å². The summed E-state index contributed by atoms with van der Waals surface area (Å²) in [7, 11) is 0. The van der Waals surface area contributed by atoms with Crippen LogP contribution >= 0.6 is 0 Å². The summed E-state index contributed by atoms with van der Waals surface area (Å²) in [6, 6.07) is 3.35. The zero-order valence-corrected chi connectivity index (χ0v) is 22.5. The van der Waals surface area contributed by atoms with Crippen LogP contribution in [0.25, 0.3) is 0 Å². The second-order valence-corrected chi connectivity index (χ2v) is 12.3. The normalized spacial score (nSPS) is 26.6. The summed E-state index contributed by atoms with van der Waals surface area (Å²) in [5, 5.41) is 21.9. The lowest BCUT2D eigenvalue weighted by Crippen LogP contribution is -2.52. The highest BCUT2D eigenvalue weighted by molar-refractivity contribution is 5.90. The minimum Gasteiger partial charge on any atom is -0.391 e. The number of carbonyl (C=O) groups is 2. The van der Waals surface area contributed by atoms with Crippen molar-refractivity contribution in [3.05, 3.63) is 47.3 Å². The molecule has 3 fully saturated rings. The largest absolute Gasteiger partial charge is 0.416 e. The zero-order valence-electron chi connectivity index (χ0n) is 22.5. The maximum atomic E-state index is 13.9. The molecule has 5 rings (SSSR count). The van der Waals surface area contributed by atoms with Crippen molar-refractivity contribution < 1.29 is 27.9 Å². The van der Waals surface area contributed by atoms with E-state index in [2.05, 4.69) is 15.6 Å². The highest BCUT2D eigenvalue weighted by Crippen LogP contribution is 2.43. The van der Waals surface area contributed by atoms with Crippen LogP contribution in [-0.2, 0) is 15.8 Å². The third-order valence-corrected chi connectivity index (χ3v) is 8.22. The van der Waals surface area contributed by atoms with Crippen LogP contribution in [0.1, 0.15) is 94.0 Å². The number of aromatic nitrogens is 3. The molecule has 2 amide bonds. The van der Waals surface area contributed by atoms with Crippen LogP contribution in [0, 0.1) is 5.41 Å². The quantitative estimate of drug-likeness (QED) is 0.566. The minimum absolute atomic E-state index is 0.00131. The molecule has 39 heavy (non-hydrogen) atoms. The van der Waals surface area contributed by atoms with Gasteiger partial charge in [0, 0.05) is 37.0 Å². The van der Waals surface area contributed by atoms with Gasteiger partial charge in [-0.15, -0.1) is 5.10 Å². The third kappa shape index (κ3) is 5.69. The van der Waals surface area contributed by atoms with Crippen molar-refractivity contribution in [2.45, 2.75) is 102 Å². The Morgan fingerprint density at radius 1 is 1.10 bits per heavy atom. The van der Waals surface area contributed by atoms with E-state index in [4.69, 9.17) is 0 Å². The fourth-order valence-corrected chi connectivity index (χ4v) is 6.19. The lowest BCUT2D eigenvalue weighted by Gasteiger charge is -2.35. The van der Waals surface area contributed by atoms with Crippen molar-refractivity contribution in [1.82, 2.24) is 25.2 Å². The lowest BCUT2D eigenvalue weighted by atomic mass is 9.85. The topological polar surface area (TPSA) is 100 Å². The van der Waals surface area contributed by atoms with E-state index in [0.29, 0.717) is 25.2 Å². The number of β-amino-alcohol motifs (C(OH)–C–C–N with tert-alkyl or cyclic N) is 1. The van der Waals surface area contributed by atoms with Crippen LogP contribution in [-0.4, -0.2) is 61.5 Å². The first-order chi connectivity index (χ1) is 18.3. The molecule has 4 unspecified atom stereocenters. The third-order valence-electron chi connectivity index (χ3n) is 8.22. The van der Waals surface area contributed by atoms with Gasteiger partial charge in [-0.1, -0.05) is 50.6 Å². The van der Waals surface area contributed by atoms with Gasteiger partial charge in [-0.3, -0.25) is 9.59 Å². The van der Waals surface area contributed by atoms with Gasteiger partial charge in [0.25, 0.3) is 0 Å². The summed E-state index contributed by atoms with van der Waals surface area (Å²) < 4.78 is 42.7. The Morgan fingerprint density at radius 3 is 2.49 bits per heavy atom. The number of hydrogen-bond acceptors (Lipinski definition) is 5. The van der Waals surface area contributed by atoms with Crippen LogP contribution in [0.3, 0.4) is 0 Å². The minimum atomic E-state index is -4.49. The molecule has 2 saturated carbocycles. The first kappa shape index (κ1) is 27.6. The SMILES string of the molecule is CC(C)(C)[C@@H](C(=O)N1CC(O)CC1C(=O)NC1CCCC1c1ccccc1C(F)(F)F)n1cc(C2CC2)nn1. The van der Waals surface area contributed by atoms with Crippen molar-refractivity contribution >= 4 is 11.8 Å². The molecule has 11 heteroatoms. The number of nitrogens with zero attached hydrogens (tertiary/aromatic N) is 4. The molecule has 1 saturated heterocycles. The number of nitrogens with one attached hydrogen (secondary N) is 1. The molecule has 3 aliphatic rings. The average molecular weight is 548 g/mol. The lowest BCUT2D eigenvalue weighted by molar-refractivity contribution is -0.144. The Bertz CT molecular complexity index is 1220. The van der Waals surface area contributed by atoms with Crippen LogP contribution in [0.5, 0.6) is 0 Å². The van der Waals surface area contributed by atoms with E-state index in [1.807, 2.05) is 20.8 Å². The molecule has 5 atom stereocenters. The van der Waals surface area contributed by atoms with Gasteiger partial charge in [-0.05, 0) is 42.7 Å². The maximum absolute atomic E-state index is 13.9. The number of carbonyl (C=O) groups excluding carboxylic acids is 2. The van der Waals surface area contributed by atoms with Crippen molar-refractivity contribution in [3.63, 3.8) is 0 Å². The van der Waals surface area contributed by atoms with Crippen molar-refractivity contribution in [1.29, 1.82) is 0 Å². The summed E-state index contributed by atoms with van der Waals surface area (Å²) in [5.41, 5.74) is -0.217. The summed E-state index contributed by atoms with van der Waals surface area (Å²) in [4.78, 5) is 28.9. The number of likely N-dealkylation sites (tertiary alicyclic amines) is 1. The van der Waals surface area contributed by atoms with Crippen molar-refractivity contribution in [2.75, 3.05) is 6.54 Å². The second kappa shape index (κ2) is 10.2. The van der Waals surface area contributed by atoms with E-state index >= 15 is 0 Å². The highest BCUT2D eigenvalue weighted by atomic mass is 19.4. The van der Waals surface area contributed by atoms with E-state index < -0.39 is 53.2 Å². The molecule has 1 aromatic carbocycles. The predicted octanol–water partition coefficient (Wildman–Crippen LogP) is 4.18. The number of alkyl halides is 3. The maximum Gasteiger partial charge on any atom is 0.416 e. The Hall–Kier alpha value is -2.95. The van der Waals surface area contributed by atoms with Crippen molar-refractivity contribution in [3.8, 4) is 0 Å². The Morgan fingerprint density at radius 2 is 1.82 bits per heavy atom. The zero-order chi connectivity index (χ0) is 28.1. The number of aliphatic hydroxyl groups excluding tert-OH is 1. The van der Waals surface area contributed by atoms with E-state index in [-0.39, 0.29) is 24.4 Å². The van der Waals surface area contributed by atoms with Crippen LogP contribution < -0.4 is 5.32 Å². The first-order valence-corrected chi connectivity index (χ1v) is 13.7. The molecule has 1 aliphatic heterocycles. The Labute approximate surface area is 225 Å². The van der Waals surface area contributed by atoms with Crippen molar-refractivity contribution in [2.24, 2.45) is 5.41 Å². The predicted molar refractivity (Wildman–Crippen MR) is 137 cm³/mol. The number of rotatable bonds is 6. The number of hydrogen-bond donors (Lipinski definition) is 2. The van der Waals surface area contributed by atoms with Gasteiger partial charge >= 0.3 is 6.18 Å². The molecule has 2 aliphatic carbocycles. The highest BCUT2D eigenvalue weighted by Gasteiger charge is 2.47. The number of halogens is 3. The molecule has 0 bridgehead atoms. The van der Waals surface area contributed by atoms with Gasteiger partial charge in [0.2, 0.25) is 11.8 Å². The standard InChI is InChI=1S/C28H36F3N5O3/c1-27(2,3)24(36-15-22(33-34-36)16-11-12-16)26(39)35-14-17(37)13-23(35)25(38)32-21-10-6-8-19(21)18-7-4-5-9-20(18)28(29,30)31/h4-5,7,9,15-17,19,21,23-24,37H,6,8,10-14H2,1-3H3,(H,32,38)/t17?,19?,21?,23?,24-/m1/s1. The van der Waals surface area contributed by atoms with Gasteiger partial charge in [0.05, 0.1) is 17.4 Å². The van der Waals surface area contributed by atoms with Crippen LogP contribution in [0.2, 0.25) is 0 Å². The number of aliphatic hydroxyl groups is 1. The van der Waals surface area contributed by atoms with Gasteiger partial charge in [-0.25, -0.2) is 4.68 Å². The molecule has 1 aromatic heterocycles. The molecule has 0 spiro atoms. The summed E-state index contributed by atoms with van der Waals surface area (Å²) in [6.45, 7) is 5.74. The summed E-state index contributed by atoms with van der Waals surface area (Å²) in [5.74, 6) is -0.910. The van der Waals surface area contributed by atoms with Gasteiger partial charge in [0.1, 0.15) is 12.1 Å². The molecular weight excluding hydrogens is 511 g/mol. The molecule has 2 N–H and O–H groups in total. The molecule has 2 aromatic rings. The summed E-state index contributed by atoms with van der Waals surface area (Å²) in [6.07, 6.45) is 0.327. The molecule has 0 radical (unpaired) electrons. The molecule has 8 nitrogen and oxygen atoms in total. The smallest absolute Gasteiger partial charge is 0.391 e. The summed E-state index contributed by atoms with van der Waals surface area (Å²) >= 11 is 0.